The molecule has 0 aromatic carbocycles. The first-order valence-corrected chi connectivity index (χ1v) is 8.89. The minimum Gasteiger partial charge on any atom is -0.346 e. The lowest BCUT2D eigenvalue weighted by Crippen LogP contribution is -2.38. The highest BCUT2D eigenvalue weighted by Crippen LogP contribution is 2.40. The molecule has 2 fully saturated rings. The first kappa shape index (κ1) is 13.6. The van der Waals surface area contributed by atoms with E-state index in [-0.39, 0.29) is 0 Å². The number of hydrogen-bond donors (Lipinski definition) is 4. The molecule has 6 heteroatoms. The van der Waals surface area contributed by atoms with Gasteiger partial charge in [0.15, 0.2) is 0 Å². The van der Waals surface area contributed by atoms with Crippen LogP contribution in [0.1, 0.15) is 44.1 Å². The quantitative estimate of drug-likeness (QED) is 0.688. The fourth-order valence-corrected chi connectivity index (χ4v) is 4.07. The average molecular weight is 312 g/mol. The van der Waals surface area contributed by atoms with Crippen LogP contribution in [0.3, 0.4) is 0 Å². The van der Waals surface area contributed by atoms with Crippen LogP contribution in [0, 0.1) is 11.8 Å². The molecule has 23 heavy (non-hydrogen) atoms. The summed E-state index contributed by atoms with van der Waals surface area (Å²) in [5, 5.41) is 5.70. The van der Waals surface area contributed by atoms with Crippen LogP contribution in [-0.4, -0.2) is 28.9 Å². The summed E-state index contributed by atoms with van der Waals surface area (Å²) in [4.78, 5) is 7.65. The molecule has 2 aliphatic heterocycles. The second-order valence-corrected chi connectivity index (χ2v) is 7.25. The summed E-state index contributed by atoms with van der Waals surface area (Å²) < 4.78 is 0. The molecule has 1 aromatic heterocycles. The first-order chi connectivity index (χ1) is 11.4. The smallest absolute Gasteiger partial charge is 0.141 e. The van der Waals surface area contributed by atoms with E-state index in [9.17, 15) is 0 Å². The van der Waals surface area contributed by atoms with Gasteiger partial charge in [0.25, 0.3) is 0 Å². The summed E-state index contributed by atoms with van der Waals surface area (Å²) in [5.41, 5.74) is 10.4. The van der Waals surface area contributed by atoms with Gasteiger partial charge >= 0.3 is 0 Å². The zero-order valence-electron chi connectivity index (χ0n) is 13.3. The lowest BCUT2D eigenvalue weighted by atomic mass is 9.79. The number of H-pyrrole nitrogens is 1. The predicted molar refractivity (Wildman–Crippen MR) is 90.4 cm³/mol. The number of aromatic amines is 1. The highest BCUT2D eigenvalue weighted by molar-refractivity contribution is 5.87. The molecule has 0 unspecified atom stereocenters. The Hall–Kier alpha value is -1.79. The fourth-order valence-electron chi connectivity index (χ4n) is 4.07. The topological polar surface area (TPSA) is 67.5 Å². The molecule has 0 spiro atoms. The molecule has 0 saturated heterocycles. The standard InChI is InChI=1S/C17H24N6/c1-3-12(4-2-11(1)9-19-13-5-6-13)15-16-14-7-8-18-17(14)20-10-23(16)22-21-15/h7-8,10-13,18-19,21-22H,1-6,9H2/t11-,12+. The zero-order chi connectivity index (χ0) is 15.2. The molecule has 3 heterocycles. The van der Waals surface area contributed by atoms with Gasteiger partial charge in [0.05, 0.1) is 11.4 Å². The summed E-state index contributed by atoms with van der Waals surface area (Å²) in [6.07, 6.45) is 11.8. The van der Waals surface area contributed by atoms with Gasteiger partial charge < -0.3 is 15.7 Å². The Morgan fingerprint density at radius 2 is 2.04 bits per heavy atom. The molecular weight excluding hydrogens is 288 g/mol. The SMILES string of the molecule is C1=Nc2[nH]ccc2C2=C([C@H]3CC[C@@H](CNC4CC4)CC3)NNN12. The Balaban J connectivity index is 1.30. The molecule has 0 bridgehead atoms. The average Bonchev–Trinajstić information content (AvgIpc) is 3.12. The van der Waals surface area contributed by atoms with Crippen molar-refractivity contribution in [2.45, 2.75) is 44.6 Å². The van der Waals surface area contributed by atoms with Gasteiger partial charge in [-0.15, -0.1) is 5.53 Å². The van der Waals surface area contributed by atoms with Crippen molar-refractivity contribution in [2.75, 3.05) is 6.54 Å². The molecular formula is C17H24N6. The highest BCUT2D eigenvalue weighted by Gasteiger charge is 2.34. The molecule has 0 atom stereocenters. The fraction of sp³-hybridized carbons (Fsp3) is 0.588. The van der Waals surface area contributed by atoms with E-state index in [2.05, 4.69) is 32.3 Å². The van der Waals surface area contributed by atoms with E-state index >= 15 is 0 Å². The van der Waals surface area contributed by atoms with Gasteiger partial charge in [-0.2, -0.15) is 0 Å². The van der Waals surface area contributed by atoms with Gasteiger partial charge in [-0.3, -0.25) is 0 Å². The first-order valence-electron chi connectivity index (χ1n) is 8.89. The Labute approximate surface area is 136 Å². The Morgan fingerprint density at radius 3 is 2.87 bits per heavy atom. The largest absolute Gasteiger partial charge is 0.346 e. The second-order valence-electron chi connectivity index (χ2n) is 7.25. The minimum absolute atomic E-state index is 0.619. The van der Waals surface area contributed by atoms with Crippen LogP contribution < -0.4 is 16.3 Å². The molecule has 5 rings (SSSR count). The van der Waals surface area contributed by atoms with Crippen molar-refractivity contribution < 1.29 is 0 Å². The molecule has 4 aliphatic rings. The molecule has 1 aromatic rings. The lowest BCUT2D eigenvalue weighted by Gasteiger charge is -2.29. The summed E-state index contributed by atoms with van der Waals surface area (Å²) >= 11 is 0. The van der Waals surface area contributed by atoms with Gasteiger partial charge in [-0.25, -0.2) is 10.0 Å². The number of rotatable bonds is 4. The molecule has 6 nitrogen and oxygen atoms in total. The Kier molecular flexibility index (Phi) is 3.19. The third-order valence-electron chi connectivity index (χ3n) is 5.62. The van der Waals surface area contributed by atoms with Gasteiger partial charge in [0.2, 0.25) is 0 Å². The van der Waals surface area contributed by atoms with Crippen molar-refractivity contribution in [1.82, 2.24) is 26.3 Å². The van der Waals surface area contributed by atoms with Crippen molar-refractivity contribution in [3.8, 4) is 0 Å². The zero-order valence-corrected chi connectivity index (χ0v) is 13.3. The minimum atomic E-state index is 0.619. The van der Waals surface area contributed by atoms with Crippen molar-refractivity contribution in [3.05, 3.63) is 23.5 Å². The molecule has 122 valence electrons. The van der Waals surface area contributed by atoms with E-state index in [0.717, 1.165) is 17.8 Å². The third kappa shape index (κ3) is 2.46. The number of hydrogen-bond acceptors (Lipinski definition) is 5. The van der Waals surface area contributed by atoms with Gasteiger partial charge in [0.1, 0.15) is 12.2 Å². The maximum absolute atomic E-state index is 4.43. The normalized spacial score (nSPS) is 29.5. The van der Waals surface area contributed by atoms with Crippen LogP contribution in [0.15, 0.2) is 23.0 Å². The maximum Gasteiger partial charge on any atom is 0.141 e. The van der Waals surface area contributed by atoms with Crippen molar-refractivity contribution in [1.29, 1.82) is 0 Å². The van der Waals surface area contributed by atoms with E-state index in [1.807, 2.05) is 17.5 Å². The van der Waals surface area contributed by atoms with E-state index < -0.39 is 0 Å². The Bertz CT molecular complexity index is 648. The van der Waals surface area contributed by atoms with E-state index in [4.69, 9.17) is 0 Å². The summed E-state index contributed by atoms with van der Waals surface area (Å²) in [6.45, 7) is 1.22. The second kappa shape index (κ2) is 5.39. The van der Waals surface area contributed by atoms with E-state index in [0.29, 0.717) is 5.92 Å². The van der Waals surface area contributed by atoms with Gasteiger partial charge in [-0.1, -0.05) is 0 Å². The van der Waals surface area contributed by atoms with Crippen molar-refractivity contribution in [2.24, 2.45) is 16.8 Å². The van der Waals surface area contributed by atoms with Gasteiger partial charge in [0, 0.05) is 23.7 Å². The summed E-state index contributed by atoms with van der Waals surface area (Å²) in [5.74, 6) is 2.44. The van der Waals surface area contributed by atoms with Crippen LogP contribution in [0.2, 0.25) is 0 Å². The molecule has 0 radical (unpaired) electrons. The molecule has 0 amide bonds. The number of allylic oxidation sites excluding steroid dienone is 1. The molecule has 4 N–H and O–H groups in total. The van der Waals surface area contributed by atoms with Crippen LogP contribution in [0.4, 0.5) is 5.82 Å². The number of hydrazine groups is 2. The number of aromatic nitrogens is 1. The predicted octanol–water partition coefficient (Wildman–Crippen LogP) is 2.24. The number of fused-ring (bicyclic) bond motifs is 3. The summed E-state index contributed by atoms with van der Waals surface area (Å²) in [6, 6.07) is 2.95. The van der Waals surface area contributed by atoms with Crippen LogP contribution in [0.25, 0.3) is 5.70 Å². The van der Waals surface area contributed by atoms with Crippen LogP contribution in [-0.2, 0) is 0 Å². The molecule has 2 aliphatic carbocycles. The van der Waals surface area contributed by atoms with Crippen LogP contribution >= 0.6 is 0 Å². The van der Waals surface area contributed by atoms with Crippen LogP contribution in [0.5, 0.6) is 0 Å². The monoisotopic (exact) mass is 312 g/mol. The Morgan fingerprint density at radius 1 is 1.17 bits per heavy atom. The lowest BCUT2D eigenvalue weighted by molar-refractivity contribution is 0.282. The summed E-state index contributed by atoms with van der Waals surface area (Å²) in [7, 11) is 0. The highest BCUT2D eigenvalue weighted by atomic mass is 15.7. The molecule has 2 saturated carbocycles. The number of nitrogens with one attached hydrogen (secondary N) is 4. The van der Waals surface area contributed by atoms with E-state index in [1.165, 1.54) is 62.0 Å². The van der Waals surface area contributed by atoms with Gasteiger partial charge in [-0.05, 0) is 57.1 Å². The van der Waals surface area contributed by atoms with Crippen molar-refractivity contribution in [3.63, 3.8) is 0 Å². The number of aliphatic imine (C=N–C) groups is 1. The third-order valence-corrected chi connectivity index (χ3v) is 5.62. The van der Waals surface area contributed by atoms with Crippen molar-refractivity contribution >= 4 is 17.9 Å². The maximum atomic E-state index is 4.43. The number of nitrogens with zero attached hydrogens (tertiary/aromatic N) is 2. The van der Waals surface area contributed by atoms with E-state index in [1.54, 1.807) is 0 Å².